The summed E-state index contributed by atoms with van der Waals surface area (Å²) in [7, 11) is 0. The van der Waals surface area contributed by atoms with Gasteiger partial charge in [-0.15, -0.1) is 0 Å². The second-order valence-electron chi connectivity index (χ2n) is 2.10. The van der Waals surface area contributed by atoms with Crippen LogP contribution in [0.4, 0.5) is 5.82 Å². The van der Waals surface area contributed by atoms with E-state index in [-0.39, 0.29) is 11.0 Å². The molecule has 0 saturated carbocycles. The van der Waals surface area contributed by atoms with Gasteiger partial charge in [0, 0.05) is 5.56 Å². The van der Waals surface area contributed by atoms with Crippen LogP contribution in [0.25, 0.3) is 0 Å². The second kappa shape index (κ2) is 3.46. The minimum atomic E-state index is -1.51. The summed E-state index contributed by atoms with van der Waals surface area (Å²) < 4.78 is -1.51. The van der Waals surface area contributed by atoms with Gasteiger partial charge in [0.25, 0.3) is 0 Å². The van der Waals surface area contributed by atoms with E-state index < -0.39 is 3.79 Å². The largest absolute Gasteiger partial charge is 0.384 e. The van der Waals surface area contributed by atoms with E-state index in [1.165, 1.54) is 12.1 Å². The Morgan fingerprint density at radius 3 is 2.25 bits per heavy atom. The van der Waals surface area contributed by atoms with Gasteiger partial charge >= 0.3 is 0 Å². The van der Waals surface area contributed by atoms with Crippen molar-refractivity contribution in [2.24, 2.45) is 0 Å². The van der Waals surface area contributed by atoms with E-state index in [1.807, 2.05) is 0 Å². The third kappa shape index (κ3) is 2.56. The number of nitrogens with zero attached hydrogens (tertiary/aromatic N) is 1. The average Bonchev–Trinajstić information content (AvgIpc) is 1.82. The zero-order valence-corrected chi connectivity index (χ0v) is 8.71. The molecule has 2 nitrogen and oxygen atoms in total. The van der Waals surface area contributed by atoms with Crippen molar-refractivity contribution in [3.63, 3.8) is 0 Å². The summed E-state index contributed by atoms with van der Waals surface area (Å²) in [5, 5.41) is 0.205. The smallest absolute Gasteiger partial charge is 0.216 e. The lowest BCUT2D eigenvalue weighted by Gasteiger charge is -2.11. The van der Waals surface area contributed by atoms with E-state index in [9.17, 15) is 0 Å². The lowest BCUT2D eigenvalue weighted by atomic mass is 10.3. The summed E-state index contributed by atoms with van der Waals surface area (Å²) in [6.07, 6.45) is 0. The molecule has 1 rings (SSSR count). The Bertz CT molecular complexity index is 274. The van der Waals surface area contributed by atoms with Crippen LogP contribution < -0.4 is 5.73 Å². The summed E-state index contributed by atoms with van der Waals surface area (Å²) in [6.45, 7) is 0. The number of hydrogen-bond acceptors (Lipinski definition) is 2. The van der Waals surface area contributed by atoms with Crippen molar-refractivity contribution in [2.75, 3.05) is 5.73 Å². The van der Waals surface area contributed by atoms with E-state index in [0.29, 0.717) is 5.56 Å². The average molecular weight is 246 g/mol. The van der Waals surface area contributed by atoms with Gasteiger partial charge in [-0.3, -0.25) is 0 Å². The van der Waals surface area contributed by atoms with E-state index >= 15 is 0 Å². The lowest BCUT2D eigenvalue weighted by Crippen LogP contribution is -2.02. The highest BCUT2D eigenvalue weighted by Crippen LogP contribution is 2.39. The Morgan fingerprint density at radius 2 is 1.83 bits per heavy atom. The molecule has 1 heterocycles. The van der Waals surface area contributed by atoms with Crippen molar-refractivity contribution in [1.29, 1.82) is 0 Å². The Kier molecular flexibility index (Phi) is 2.94. The van der Waals surface area contributed by atoms with E-state index in [2.05, 4.69) is 4.98 Å². The molecule has 2 N–H and O–H groups in total. The highest BCUT2D eigenvalue weighted by molar-refractivity contribution is 6.66. The molecular weight excluding hydrogens is 242 g/mol. The summed E-state index contributed by atoms with van der Waals surface area (Å²) in [5.41, 5.74) is 5.79. The predicted octanol–water partition coefficient (Wildman–Crippen LogP) is 3.14. The molecule has 12 heavy (non-hydrogen) atoms. The number of hydrogen-bond donors (Lipinski definition) is 1. The van der Waals surface area contributed by atoms with Crippen LogP contribution >= 0.6 is 46.4 Å². The van der Waals surface area contributed by atoms with Crippen LogP contribution in [-0.2, 0) is 3.79 Å². The highest BCUT2D eigenvalue weighted by Gasteiger charge is 2.23. The molecule has 0 spiro atoms. The molecule has 0 aliphatic heterocycles. The predicted molar refractivity (Wildman–Crippen MR) is 52.9 cm³/mol. The summed E-state index contributed by atoms with van der Waals surface area (Å²) in [6, 6.07) is 2.91. The molecule has 0 atom stereocenters. The molecule has 0 aromatic carbocycles. The van der Waals surface area contributed by atoms with Crippen molar-refractivity contribution < 1.29 is 0 Å². The maximum atomic E-state index is 5.59. The Labute approximate surface area is 89.6 Å². The van der Waals surface area contributed by atoms with Crippen LogP contribution in [0.1, 0.15) is 5.56 Å². The van der Waals surface area contributed by atoms with E-state index in [4.69, 9.17) is 52.1 Å². The van der Waals surface area contributed by atoms with Gasteiger partial charge in [-0.05, 0) is 12.1 Å². The van der Waals surface area contributed by atoms with Gasteiger partial charge in [-0.2, -0.15) is 0 Å². The van der Waals surface area contributed by atoms with Crippen LogP contribution in [0.15, 0.2) is 12.1 Å². The van der Waals surface area contributed by atoms with Crippen molar-refractivity contribution in [2.45, 2.75) is 3.79 Å². The number of aromatic nitrogens is 1. The first-order chi connectivity index (χ1) is 5.39. The zero-order valence-electron chi connectivity index (χ0n) is 5.69. The monoisotopic (exact) mass is 244 g/mol. The topological polar surface area (TPSA) is 38.9 Å². The number of nitrogens with two attached hydrogens (primary N) is 1. The van der Waals surface area contributed by atoms with Gasteiger partial charge in [-0.25, -0.2) is 4.98 Å². The molecule has 6 heteroatoms. The van der Waals surface area contributed by atoms with Gasteiger partial charge in [0.1, 0.15) is 11.0 Å². The molecule has 0 radical (unpaired) electrons. The minimum Gasteiger partial charge on any atom is -0.384 e. The molecule has 0 aliphatic rings. The minimum absolute atomic E-state index is 0.205. The quantitative estimate of drug-likeness (QED) is 0.564. The molecule has 0 unspecified atom stereocenters. The Balaban J connectivity index is 3.18. The van der Waals surface area contributed by atoms with Crippen LogP contribution in [0.2, 0.25) is 5.15 Å². The Hall–Kier alpha value is 0.110. The third-order valence-electron chi connectivity index (χ3n) is 1.14. The highest BCUT2D eigenvalue weighted by atomic mass is 35.6. The standard InChI is InChI=1S/C6H4Cl4N2/c7-4-1-3(6(8,9)10)2-5(11)12-4/h1-2H,(H2,11,12). The molecule has 66 valence electrons. The molecule has 0 aliphatic carbocycles. The number of pyridine rings is 1. The molecular formula is C6H4Cl4N2. The van der Waals surface area contributed by atoms with Crippen molar-refractivity contribution in [3.05, 3.63) is 22.8 Å². The van der Waals surface area contributed by atoms with Crippen LogP contribution in [0.5, 0.6) is 0 Å². The summed E-state index contributed by atoms with van der Waals surface area (Å²) in [4.78, 5) is 3.72. The maximum absolute atomic E-state index is 5.59. The molecule has 0 bridgehead atoms. The third-order valence-corrected chi connectivity index (χ3v) is 1.99. The molecule has 0 amide bonds. The van der Waals surface area contributed by atoms with Crippen molar-refractivity contribution >= 4 is 52.2 Å². The van der Waals surface area contributed by atoms with Crippen molar-refractivity contribution in [1.82, 2.24) is 4.98 Å². The van der Waals surface area contributed by atoms with Crippen LogP contribution in [0.3, 0.4) is 0 Å². The zero-order chi connectivity index (χ0) is 9.35. The summed E-state index contributed by atoms with van der Waals surface area (Å²) >= 11 is 22.4. The number of halogens is 4. The normalized spacial score (nSPS) is 11.7. The van der Waals surface area contributed by atoms with Gasteiger partial charge in [0.2, 0.25) is 3.79 Å². The SMILES string of the molecule is Nc1cc(C(Cl)(Cl)Cl)cc(Cl)n1. The van der Waals surface area contributed by atoms with Gasteiger partial charge in [0.15, 0.2) is 0 Å². The lowest BCUT2D eigenvalue weighted by molar-refractivity contribution is 1.20. The number of anilines is 1. The maximum Gasteiger partial charge on any atom is 0.216 e. The van der Waals surface area contributed by atoms with Crippen LogP contribution in [0, 0.1) is 0 Å². The van der Waals surface area contributed by atoms with Gasteiger partial charge in [-0.1, -0.05) is 46.4 Å². The second-order valence-corrected chi connectivity index (χ2v) is 4.77. The fourth-order valence-electron chi connectivity index (χ4n) is 0.681. The summed E-state index contributed by atoms with van der Waals surface area (Å²) in [5.74, 6) is 0.226. The van der Waals surface area contributed by atoms with Crippen LogP contribution in [-0.4, -0.2) is 4.98 Å². The van der Waals surface area contributed by atoms with E-state index in [1.54, 1.807) is 0 Å². The van der Waals surface area contributed by atoms with Gasteiger partial charge < -0.3 is 5.73 Å². The first-order valence-corrected chi connectivity index (χ1v) is 4.41. The Morgan fingerprint density at radius 1 is 1.25 bits per heavy atom. The van der Waals surface area contributed by atoms with Gasteiger partial charge in [0.05, 0.1) is 0 Å². The fraction of sp³-hybridized carbons (Fsp3) is 0.167. The molecule has 0 fully saturated rings. The van der Waals surface area contributed by atoms with Crippen molar-refractivity contribution in [3.8, 4) is 0 Å². The fourth-order valence-corrected chi connectivity index (χ4v) is 1.22. The number of nitrogen functional groups attached to an aromatic ring is 1. The first kappa shape index (κ1) is 10.2. The molecule has 1 aromatic heterocycles. The number of alkyl halides is 3. The van der Waals surface area contributed by atoms with E-state index in [0.717, 1.165) is 0 Å². The number of rotatable bonds is 0. The molecule has 1 aromatic rings. The first-order valence-electron chi connectivity index (χ1n) is 2.90. The molecule has 0 saturated heterocycles.